The van der Waals surface area contributed by atoms with Gasteiger partial charge in [0, 0.05) is 70.4 Å². The maximum Gasteiger partial charge on any atom is 0.524 e. The van der Waals surface area contributed by atoms with E-state index in [1.165, 1.54) is 25.1 Å². The summed E-state index contributed by atoms with van der Waals surface area (Å²) in [6, 6.07) is 18.7. The van der Waals surface area contributed by atoms with Gasteiger partial charge in [-0.3, -0.25) is 33.8 Å². The zero-order chi connectivity index (χ0) is 51.7. The summed E-state index contributed by atoms with van der Waals surface area (Å²) in [5.74, 6) is -2.51. The van der Waals surface area contributed by atoms with Crippen LogP contribution in [0.25, 0.3) is 0 Å². The number of para-hydroxylation sites is 1. The third kappa shape index (κ3) is 26.8. The monoisotopic (exact) mass is 1020 g/mol. The molecule has 0 saturated carbocycles. The first-order chi connectivity index (χ1) is 34.1. The molecule has 71 heavy (non-hydrogen) atoms. The highest BCUT2D eigenvalue weighted by atomic mass is 31.2. The summed E-state index contributed by atoms with van der Waals surface area (Å²) in [5.41, 5.74) is 2.48. The van der Waals surface area contributed by atoms with Crippen LogP contribution in [0.5, 0.6) is 5.75 Å². The van der Waals surface area contributed by atoms with Crippen molar-refractivity contribution in [2.45, 2.75) is 70.5 Å². The lowest BCUT2D eigenvalue weighted by atomic mass is 10.1. The number of nitrogens with zero attached hydrogens (tertiary/aromatic N) is 3. The van der Waals surface area contributed by atoms with Crippen molar-refractivity contribution in [1.82, 2.24) is 26.6 Å². The van der Waals surface area contributed by atoms with Gasteiger partial charge in [0.05, 0.1) is 64.2 Å². The van der Waals surface area contributed by atoms with Crippen LogP contribution in [0.15, 0.2) is 83.0 Å². The molecule has 0 aliphatic carbocycles. The van der Waals surface area contributed by atoms with E-state index in [9.17, 15) is 32.9 Å². The number of alkyl halides is 1. The summed E-state index contributed by atoms with van der Waals surface area (Å²) in [6.45, 7) is 5.27. The summed E-state index contributed by atoms with van der Waals surface area (Å²) >= 11 is 0. The average Bonchev–Trinajstić information content (AvgIpc) is 3.34. The van der Waals surface area contributed by atoms with Crippen LogP contribution in [0, 0.1) is 0 Å². The standard InChI is InChI=1S/C48H70FN8O13P/c1-36(58)50-27-29-67-31-33-69-35-34-68-32-30-66-28-23-44(59)54-42(13-8-11-26-51-46(60)37-15-17-38(18-16-37)55-56-39-19-21-40(22-20-39)57(2)3)47(61)52-24-9-4-5-10-25-53-48(62)45(49)41-12-6-7-14-43(41)70-71(63,64)65/h6-7,12,14-22,42,45H,4-5,8-11,13,23-35H2,1-3H3,(H,50,58)(H,51,60)(H,52,61)(H,53,62)(H,54,59)(H2,63,64,65). The Morgan fingerprint density at radius 3 is 1.73 bits per heavy atom. The molecule has 3 rings (SSSR count). The molecule has 21 nitrogen and oxygen atoms in total. The lowest BCUT2D eigenvalue weighted by molar-refractivity contribution is -0.129. The molecule has 0 aliphatic heterocycles. The van der Waals surface area contributed by atoms with Crippen LogP contribution < -0.4 is 36.0 Å². The van der Waals surface area contributed by atoms with Crippen LogP contribution in [0.3, 0.4) is 0 Å². The first-order valence-corrected chi connectivity index (χ1v) is 25.1. The van der Waals surface area contributed by atoms with Gasteiger partial charge in [-0.1, -0.05) is 31.0 Å². The fourth-order valence-corrected chi connectivity index (χ4v) is 6.86. The van der Waals surface area contributed by atoms with Crippen molar-refractivity contribution in [3.05, 3.63) is 83.9 Å². The van der Waals surface area contributed by atoms with E-state index < -0.39 is 31.7 Å². The number of rotatable bonds is 37. The Hall–Kier alpha value is -5.87. The van der Waals surface area contributed by atoms with Crippen LogP contribution in [-0.2, 0) is 42.7 Å². The number of hydrogen-bond donors (Lipinski definition) is 7. The topological polar surface area (TPSA) is 277 Å². The Bertz CT molecular complexity index is 2130. The molecule has 23 heteroatoms. The molecule has 7 N–H and O–H groups in total. The number of carbonyl (C=O) groups excluding carboxylic acids is 5. The van der Waals surface area contributed by atoms with Gasteiger partial charge in [-0.15, -0.1) is 0 Å². The number of ether oxygens (including phenoxy) is 4. The Labute approximate surface area is 414 Å². The number of carbonyl (C=O) groups is 5. The Balaban J connectivity index is 1.38. The summed E-state index contributed by atoms with van der Waals surface area (Å²) in [4.78, 5) is 82.6. The second kappa shape index (κ2) is 34.5. The fourth-order valence-electron chi connectivity index (χ4n) is 6.43. The Kier molecular flexibility index (Phi) is 28.8. The highest BCUT2D eigenvalue weighted by molar-refractivity contribution is 7.46. The highest BCUT2D eigenvalue weighted by Crippen LogP contribution is 2.41. The van der Waals surface area contributed by atoms with Gasteiger partial charge in [0.1, 0.15) is 11.8 Å². The van der Waals surface area contributed by atoms with Crippen molar-refractivity contribution in [2.24, 2.45) is 10.2 Å². The smallest absolute Gasteiger partial charge is 0.404 e. The van der Waals surface area contributed by atoms with Gasteiger partial charge >= 0.3 is 7.82 Å². The van der Waals surface area contributed by atoms with E-state index in [0.29, 0.717) is 121 Å². The zero-order valence-corrected chi connectivity index (χ0v) is 41.7. The second-order valence-corrected chi connectivity index (χ2v) is 17.4. The van der Waals surface area contributed by atoms with Gasteiger partial charge in [0.15, 0.2) is 0 Å². The minimum Gasteiger partial charge on any atom is -0.404 e. The third-order valence-corrected chi connectivity index (χ3v) is 10.6. The van der Waals surface area contributed by atoms with Crippen molar-refractivity contribution in [3.8, 4) is 5.75 Å². The maximum absolute atomic E-state index is 14.9. The van der Waals surface area contributed by atoms with Gasteiger partial charge in [0.2, 0.25) is 23.9 Å². The van der Waals surface area contributed by atoms with E-state index in [1.807, 2.05) is 43.3 Å². The predicted octanol–water partition coefficient (Wildman–Crippen LogP) is 5.12. The van der Waals surface area contributed by atoms with Gasteiger partial charge < -0.3 is 55.0 Å². The molecule has 0 saturated heterocycles. The van der Waals surface area contributed by atoms with Crippen molar-refractivity contribution in [1.29, 1.82) is 0 Å². The molecule has 392 valence electrons. The van der Waals surface area contributed by atoms with Crippen molar-refractivity contribution in [2.75, 3.05) is 98.0 Å². The van der Waals surface area contributed by atoms with Crippen LogP contribution in [0.1, 0.15) is 80.4 Å². The molecule has 0 radical (unpaired) electrons. The minimum absolute atomic E-state index is 0.0162. The van der Waals surface area contributed by atoms with E-state index in [0.717, 1.165) is 11.8 Å². The van der Waals surface area contributed by atoms with Gasteiger partial charge in [-0.25, -0.2) is 8.96 Å². The molecule has 3 aromatic carbocycles. The summed E-state index contributed by atoms with van der Waals surface area (Å²) < 4.78 is 52.5. The molecule has 3 aromatic rings. The molecule has 0 spiro atoms. The largest absolute Gasteiger partial charge is 0.524 e. The second-order valence-electron chi connectivity index (χ2n) is 16.2. The molecule has 0 fully saturated rings. The normalized spacial score (nSPS) is 12.2. The zero-order valence-electron chi connectivity index (χ0n) is 40.8. The van der Waals surface area contributed by atoms with E-state index >= 15 is 0 Å². The molecule has 0 heterocycles. The molecular formula is C48H70FN8O13P. The lowest BCUT2D eigenvalue weighted by Gasteiger charge is -2.19. The number of amides is 5. The fraction of sp³-hybridized carbons (Fsp3) is 0.521. The number of benzene rings is 3. The van der Waals surface area contributed by atoms with Crippen molar-refractivity contribution < 1.29 is 66.2 Å². The minimum atomic E-state index is -4.97. The number of hydrogen-bond acceptors (Lipinski definition) is 14. The number of azo groups is 1. The Morgan fingerprint density at radius 2 is 1.15 bits per heavy atom. The molecule has 5 amide bonds. The number of unbranched alkanes of at least 4 members (excludes halogenated alkanes) is 4. The van der Waals surface area contributed by atoms with Crippen LogP contribution in [0.4, 0.5) is 21.5 Å². The molecular weight excluding hydrogens is 947 g/mol. The summed E-state index contributed by atoms with van der Waals surface area (Å²) in [5, 5.41) is 22.2. The molecule has 0 aromatic heterocycles. The molecule has 0 bridgehead atoms. The van der Waals surface area contributed by atoms with E-state index in [4.69, 9.17) is 28.7 Å². The van der Waals surface area contributed by atoms with E-state index in [1.54, 1.807) is 24.3 Å². The quantitative estimate of drug-likeness (QED) is 0.0224. The van der Waals surface area contributed by atoms with Gasteiger partial charge in [-0.2, -0.15) is 10.2 Å². The summed E-state index contributed by atoms with van der Waals surface area (Å²) in [7, 11) is -1.06. The van der Waals surface area contributed by atoms with Crippen LogP contribution in [-0.4, -0.2) is 138 Å². The third-order valence-electron chi connectivity index (χ3n) is 10.2. The Morgan fingerprint density at radius 1 is 0.634 bits per heavy atom. The number of halogens is 1. The number of phosphoric ester groups is 1. The SMILES string of the molecule is CC(=O)NCCOCCOCCOCCOCCC(=O)NC(CCCCNC(=O)c1ccc(N=Nc2ccc(N(C)C)cc2)cc1)C(=O)NCCCCCCNC(=O)C(F)c1ccccc1OP(=O)(O)O. The lowest BCUT2D eigenvalue weighted by Crippen LogP contribution is -2.47. The van der Waals surface area contributed by atoms with Crippen LogP contribution in [0.2, 0.25) is 0 Å². The first-order valence-electron chi connectivity index (χ1n) is 23.6. The highest BCUT2D eigenvalue weighted by Gasteiger charge is 2.26. The maximum atomic E-state index is 14.9. The van der Waals surface area contributed by atoms with E-state index in [-0.39, 0.29) is 55.4 Å². The molecule has 2 atom stereocenters. The average molecular weight is 1020 g/mol. The summed E-state index contributed by atoms with van der Waals surface area (Å²) in [6.07, 6.45) is 1.61. The number of anilines is 1. The van der Waals surface area contributed by atoms with Gasteiger partial charge in [0.25, 0.3) is 11.8 Å². The number of phosphoric acid groups is 1. The first kappa shape index (κ1) is 59.4. The predicted molar refractivity (Wildman–Crippen MR) is 264 cm³/mol. The van der Waals surface area contributed by atoms with Crippen LogP contribution >= 0.6 is 7.82 Å². The number of nitrogens with one attached hydrogen (secondary N) is 5. The van der Waals surface area contributed by atoms with E-state index in [2.05, 4.69) is 41.3 Å². The molecule has 0 aliphatic rings. The molecule has 2 unspecified atom stereocenters. The van der Waals surface area contributed by atoms with Crippen molar-refractivity contribution >= 4 is 54.4 Å². The van der Waals surface area contributed by atoms with Gasteiger partial charge in [-0.05, 0) is 86.7 Å². The van der Waals surface area contributed by atoms with Crippen molar-refractivity contribution in [3.63, 3.8) is 0 Å².